The molecule has 0 aromatic carbocycles. The standard InChI is InChI=1S/C11H19N3O3S/c1-2-11(4-3-5-11)8-13-18(16,17)10-9(7-15)6-12-14-10/h6,13,15H,2-5,7-8H2,1H3,(H,12,14). The van der Waals surface area contributed by atoms with Crippen LogP contribution in [0.3, 0.4) is 0 Å². The van der Waals surface area contributed by atoms with Crippen LogP contribution in [0.2, 0.25) is 0 Å². The molecule has 0 spiro atoms. The summed E-state index contributed by atoms with van der Waals surface area (Å²) in [7, 11) is -3.61. The van der Waals surface area contributed by atoms with Gasteiger partial charge >= 0.3 is 0 Å². The molecule has 0 radical (unpaired) electrons. The molecule has 2 rings (SSSR count). The molecule has 3 N–H and O–H groups in total. The molecular formula is C11H19N3O3S. The number of H-pyrrole nitrogens is 1. The summed E-state index contributed by atoms with van der Waals surface area (Å²) in [6, 6.07) is 0. The normalized spacial score (nSPS) is 18.6. The third kappa shape index (κ3) is 2.43. The largest absolute Gasteiger partial charge is 0.392 e. The Kier molecular flexibility index (Phi) is 3.74. The molecule has 0 bridgehead atoms. The van der Waals surface area contributed by atoms with Crippen LogP contribution < -0.4 is 4.72 Å². The van der Waals surface area contributed by atoms with E-state index in [4.69, 9.17) is 5.11 Å². The van der Waals surface area contributed by atoms with Gasteiger partial charge in [0.15, 0.2) is 5.03 Å². The molecule has 0 saturated heterocycles. The van der Waals surface area contributed by atoms with Gasteiger partial charge in [0.2, 0.25) is 0 Å². The van der Waals surface area contributed by atoms with Gasteiger partial charge in [-0.25, -0.2) is 13.1 Å². The molecule has 7 heteroatoms. The van der Waals surface area contributed by atoms with Crippen LogP contribution in [0.25, 0.3) is 0 Å². The molecule has 1 aromatic heterocycles. The maximum Gasteiger partial charge on any atom is 0.257 e. The Labute approximate surface area is 107 Å². The summed E-state index contributed by atoms with van der Waals surface area (Å²) >= 11 is 0. The molecular weight excluding hydrogens is 254 g/mol. The first-order valence-electron chi connectivity index (χ1n) is 6.16. The minimum atomic E-state index is -3.61. The lowest BCUT2D eigenvalue weighted by atomic mass is 9.67. The van der Waals surface area contributed by atoms with Crippen molar-refractivity contribution in [3.8, 4) is 0 Å². The van der Waals surface area contributed by atoms with Gasteiger partial charge in [-0.3, -0.25) is 5.10 Å². The summed E-state index contributed by atoms with van der Waals surface area (Å²) in [6.45, 7) is 2.20. The first-order valence-corrected chi connectivity index (χ1v) is 7.64. The van der Waals surface area contributed by atoms with Crippen LogP contribution in [-0.4, -0.2) is 30.3 Å². The Morgan fingerprint density at radius 2 is 2.28 bits per heavy atom. The zero-order chi connectivity index (χ0) is 13.2. The number of aliphatic hydroxyl groups excluding tert-OH is 1. The first-order chi connectivity index (χ1) is 8.53. The van der Waals surface area contributed by atoms with Gasteiger partial charge in [-0.2, -0.15) is 5.10 Å². The van der Waals surface area contributed by atoms with Crippen LogP contribution >= 0.6 is 0 Å². The van der Waals surface area contributed by atoms with Crippen molar-refractivity contribution in [1.82, 2.24) is 14.9 Å². The van der Waals surface area contributed by atoms with Gasteiger partial charge in [0.05, 0.1) is 12.8 Å². The molecule has 18 heavy (non-hydrogen) atoms. The lowest BCUT2D eigenvalue weighted by molar-refractivity contribution is 0.133. The molecule has 1 aromatic rings. The minimum Gasteiger partial charge on any atom is -0.392 e. The van der Waals surface area contributed by atoms with E-state index in [0.29, 0.717) is 12.1 Å². The molecule has 0 atom stereocenters. The Morgan fingerprint density at radius 3 is 2.78 bits per heavy atom. The highest BCUT2D eigenvalue weighted by atomic mass is 32.2. The summed E-state index contributed by atoms with van der Waals surface area (Å²) in [4.78, 5) is 0. The second-order valence-corrected chi connectivity index (χ2v) is 6.62. The highest BCUT2D eigenvalue weighted by Gasteiger charge is 2.36. The summed E-state index contributed by atoms with van der Waals surface area (Å²) in [6.07, 6.45) is 5.62. The van der Waals surface area contributed by atoms with E-state index < -0.39 is 10.0 Å². The van der Waals surface area contributed by atoms with Crippen molar-refractivity contribution in [2.45, 2.75) is 44.2 Å². The smallest absolute Gasteiger partial charge is 0.257 e. The van der Waals surface area contributed by atoms with Gasteiger partial charge < -0.3 is 5.11 Å². The summed E-state index contributed by atoms with van der Waals surface area (Å²) in [5.74, 6) is 0. The average Bonchev–Trinajstić information content (AvgIpc) is 2.77. The lowest BCUT2D eigenvalue weighted by Gasteiger charge is -2.41. The topological polar surface area (TPSA) is 95.1 Å². The van der Waals surface area contributed by atoms with E-state index in [1.807, 2.05) is 0 Å². The van der Waals surface area contributed by atoms with Crippen molar-refractivity contribution >= 4 is 10.0 Å². The molecule has 1 fully saturated rings. The third-order valence-electron chi connectivity index (χ3n) is 3.92. The van der Waals surface area contributed by atoms with Gasteiger partial charge in [-0.1, -0.05) is 13.3 Å². The van der Waals surface area contributed by atoms with Gasteiger partial charge in [0.25, 0.3) is 10.0 Å². The quantitative estimate of drug-likeness (QED) is 0.713. The molecule has 102 valence electrons. The van der Waals surface area contributed by atoms with E-state index in [2.05, 4.69) is 21.8 Å². The van der Waals surface area contributed by atoms with Crippen molar-refractivity contribution in [1.29, 1.82) is 0 Å². The predicted molar refractivity (Wildman–Crippen MR) is 66.3 cm³/mol. The van der Waals surface area contributed by atoms with Gasteiger partial charge in [0.1, 0.15) is 0 Å². The van der Waals surface area contributed by atoms with E-state index in [9.17, 15) is 8.42 Å². The van der Waals surface area contributed by atoms with Gasteiger partial charge in [-0.15, -0.1) is 0 Å². The van der Waals surface area contributed by atoms with Crippen LogP contribution in [0.4, 0.5) is 0 Å². The summed E-state index contributed by atoms with van der Waals surface area (Å²) < 4.78 is 26.8. The minimum absolute atomic E-state index is 0.0319. The van der Waals surface area contributed by atoms with Gasteiger partial charge in [-0.05, 0) is 24.7 Å². The van der Waals surface area contributed by atoms with E-state index in [1.54, 1.807) is 0 Å². The Hall–Kier alpha value is -0.920. The third-order valence-corrected chi connectivity index (χ3v) is 5.33. The average molecular weight is 273 g/mol. The molecule has 1 heterocycles. The maximum atomic E-state index is 12.1. The number of rotatable bonds is 6. The van der Waals surface area contributed by atoms with Crippen molar-refractivity contribution in [3.05, 3.63) is 11.8 Å². The fourth-order valence-corrected chi connectivity index (χ4v) is 3.57. The zero-order valence-corrected chi connectivity index (χ0v) is 11.3. The fourth-order valence-electron chi connectivity index (χ4n) is 2.30. The van der Waals surface area contributed by atoms with Crippen LogP contribution in [-0.2, 0) is 16.6 Å². The first kappa shape index (κ1) is 13.5. The number of hydrogen-bond donors (Lipinski definition) is 3. The zero-order valence-electron chi connectivity index (χ0n) is 10.4. The van der Waals surface area contributed by atoms with E-state index in [1.165, 1.54) is 12.6 Å². The van der Waals surface area contributed by atoms with Crippen molar-refractivity contribution in [2.75, 3.05) is 6.54 Å². The molecule has 1 saturated carbocycles. The van der Waals surface area contributed by atoms with Crippen LogP contribution in [0.1, 0.15) is 38.2 Å². The SMILES string of the molecule is CCC1(CNS(=O)(=O)c2[nH]ncc2CO)CCC1. The number of nitrogens with zero attached hydrogens (tertiary/aromatic N) is 1. The van der Waals surface area contributed by atoms with Crippen LogP contribution in [0.5, 0.6) is 0 Å². The molecule has 6 nitrogen and oxygen atoms in total. The monoisotopic (exact) mass is 273 g/mol. The molecule has 0 amide bonds. The van der Waals surface area contributed by atoms with E-state index >= 15 is 0 Å². The number of aliphatic hydroxyl groups is 1. The Morgan fingerprint density at radius 1 is 1.56 bits per heavy atom. The summed E-state index contributed by atoms with van der Waals surface area (Å²) in [5, 5.41) is 15.1. The fraction of sp³-hybridized carbons (Fsp3) is 0.727. The number of aromatic amines is 1. The van der Waals surface area contributed by atoms with Crippen molar-refractivity contribution in [3.63, 3.8) is 0 Å². The Bertz CT molecular complexity index is 500. The lowest BCUT2D eigenvalue weighted by Crippen LogP contribution is -2.41. The van der Waals surface area contributed by atoms with Crippen LogP contribution in [0, 0.1) is 5.41 Å². The molecule has 0 unspecified atom stereocenters. The van der Waals surface area contributed by atoms with Crippen molar-refractivity contribution in [2.24, 2.45) is 5.41 Å². The summed E-state index contributed by atoms with van der Waals surface area (Å²) in [5.41, 5.74) is 0.411. The van der Waals surface area contributed by atoms with Crippen molar-refractivity contribution < 1.29 is 13.5 Å². The molecule has 0 aliphatic heterocycles. The second-order valence-electron chi connectivity index (χ2n) is 4.91. The van der Waals surface area contributed by atoms with E-state index in [-0.39, 0.29) is 17.0 Å². The highest BCUT2D eigenvalue weighted by Crippen LogP contribution is 2.43. The highest BCUT2D eigenvalue weighted by molar-refractivity contribution is 7.89. The molecule has 1 aliphatic carbocycles. The van der Waals surface area contributed by atoms with E-state index in [0.717, 1.165) is 19.3 Å². The van der Waals surface area contributed by atoms with Gasteiger partial charge in [0, 0.05) is 12.1 Å². The Balaban J connectivity index is 2.08. The number of aromatic nitrogens is 2. The second kappa shape index (κ2) is 4.99. The number of sulfonamides is 1. The predicted octanol–water partition coefficient (Wildman–Crippen LogP) is 0.761. The van der Waals surface area contributed by atoms with Crippen LogP contribution in [0.15, 0.2) is 11.2 Å². The maximum absolute atomic E-state index is 12.1. The number of nitrogens with one attached hydrogen (secondary N) is 2. The molecule has 1 aliphatic rings. The number of hydrogen-bond acceptors (Lipinski definition) is 4.